The third-order valence-corrected chi connectivity index (χ3v) is 4.56. The Bertz CT molecular complexity index is 840. The Hall–Kier alpha value is -2.79. The molecule has 0 aliphatic carbocycles. The van der Waals surface area contributed by atoms with Crippen molar-refractivity contribution in [1.82, 2.24) is 5.43 Å². The van der Waals surface area contributed by atoms with E-state index < -0.39 is 5.91 Å². The first-order valence-electron chi connectivity index (χ1n) is 8.51. The number of rotatable bonds is 5. The number of halogens is 1. The molecule has 0 saturated carbocycles. The van der Waals surface area contributed by atoms with Crippen molar-refractivity contribution < 1.29 is 9.59 Å². The first-order valence-corrected chi connectivity index (χ1v) is 8.89. The molecule has 2 aromatic rings. The smallest absolute Gasteiger partial charge is 0.282 e. The summed E-state index contributed by atoms with van der Waals surface area (Å²) in [5.41, 5.74) is 5.17. The Labute approximate surface area is 157 Å². The number of benzene rings is 2. The number of hydrogen-bond donors (Lipinski definition) is 1. The fourth-order valence-electron chi connectivity index (χ4n) is 2.87. The first-order chi connectivity index (χ1) is 12.5. The van der Waals surface area contributed by atoms with Crippen molar-refractivity contribution >= 4 is 40.9 Å². The van der Waals surface area contributed by atoms with Crippen molar-refractivity contribution in [2.24, 2.45) is 0 Å². The fourth-order valence-corrected chi connectivity index (χ4v) is 2.99. The molecule has 1 N–H and O–H groups in total. The van der Waals surface area contributed by atoms with Gasteiger partial charge in [0.25, 0.3) is 11.8 Å². The molecule has 0 radical (unpaired) electrons. The highest BCUT2D eigenvalue weighted by Gasteiger charge is 2.34. The van der Waals surface area contributed by atoms with Crippen molar-refractivity contribution in [3.8, 4) is 0 Å². The summed E-state index contributed by atoms with van der Waals surface area (Å²) in [6, 6.07) is 14.5. The summed E-state index contributed by atoms with van der Waals surface area (Å²) in [5.74, 6) is -0.803. The molecule has 0 atom stereocenters. The second-order valence-electron chi connectivity index (χ2n) is 5.88. The predicted molar refractivity (Wildman–Crippen MR) is 105 cm³/mol. The van der Waals surface area contributed by atoms with Crippen LogP contribution in [0.15, 0.2) is 54.1 Å². The van der Waals surface area contributed by atoms with Crippen LogP contribution in [0.5, 0.6) is 0 Å². The lowest BCUT2D eigenvalue weighted by Crippen LogP contribution is -2.35. The van der Waals surface area contributed by atoms with Crippen LogP contribution in [0.3, 0.4) is 0 Å². The molecule has 2 amide bonds. The van der Waals surface area contributed by atoms with E-state index in [9.17, 15) is 9.59 Å². The van der Waals surface area contributed by atoms with Gasteiger partial charge in [-0.15, -0.1) is 0 Å². The standard InChI is InChI=1S/C20H20ClN3O2/c1-3-23(4-2)16-9-5-14(6-10-16)13-18-19(25)22-24(20(18)26)17-11-7-15(21)8-12-17/h5-13H,3-4H2,1-2H3,(H,22,25)/b18-13-. The Morgan fingerprint density at radius 2 is 1.62 bits per heavy atom. The number of anilines is 2. The normalized spacial score (nSPS) is 15.5. The lowest BCUT2D eigenvalue weighted by atomic mass is 10.1. The van der Waals surface area contributed by atoms with Crippen LogP contribution in [0.4, 0.5) is 11.4 Å². The van der Waals surface area contributed by atoms with Crippen molar-refractivity contribution in [2.75, 3.05) is 23.0 Å². The molecule has 134 valence electrons. The molecule has 0 bridgehead atoms. The van der Waals surface area contributed by atoms with Gasteiger partial charge < -0.3 is 4.90 Å². The van der Waals surface area contributed by atoms with E-state index in [1.54, 1.807) is 30.3 Å². The van der Waals surface area contributed by atoms with Crippen LogP contribution in [0.2, 0.25) is 5.02 Å². The minimum atomic E-state index is -0.419. The van der Waals surface area contributed by atoms with E-state index in [4.69, 9.17) is 11.6 Å². The van der Waals surface area contributed by atoms with E-state index in [0.29, 0.717) is 10.7 Å². The van der Waals surface area contributed by atoms with Crippen LogP contribution >= 0.6 is 11.6 Å². The van der Waals surface area contributed by atoms with E-state index in [0.717, 1.165) is 24.3 Å². The molecule has 2 aromatic carbocycles. The Morgan fingerprint density at radius 1 is 1.00 bits per heavy atom. The summed E-state index contributed by atoms with van der Waals surface area (Å²) < 4.78 is 0. The highest BCUT2D eigenvalue weighted by molar-refractivity contribution is 6.32. The molecule has 0 unspecified atom stereocenters. The van der Waals surface area contributed by atoms with Gasteiger partial charge in [-0.2, -0.15) is 0 Å². The van der Waals surface area contributed by atoms with Crippen LogP contribution < -0.4 is 15.3 Å². The lowest BCUT2D eigenvalue weighted by Gasteiger charge is -2.20. The molecule has 5 nitrogen and oxygen atoms in total. The number of amides is 2. The van der Waals surface area contributed by atoms with Crippen molar-refractivity contribution in [3.05, 3.63) is 64.7 Å². The first kappa shape index (κ1) is 18.0. The van der Waals surface area contributed by atoms with Gasteiger partial charge in [-0.3, -0.25) is 15.0 Å². The zero-order valence-corrected chi connectivity index (χ0v) is 15.5. The average molecular weight is 370 g/mol. The summed E-state index contributed by atoms with van der Waals surface area (Å²) in [6.07, 6.45) is 1.61. The molecule has 3 rings (SSSR count). The van der Waals surface area contributed by atoms with Crippen LogP contribution in [0.1, 0.15) is 19.4 Å². The summed E-state index contributed by atoms with van der Waals surface area (Å²) in [5, 5.41) is 1.80. The number of hydrogen-bond acceptors (Lipinski definition) is 3. The zero-order chi connectivity index (χ0) is 18.7. The lowest BCUT2D eigenvalue weighted by molar-refractivity contribution is -0.117. The van der Waals surface area contributed by atoms with Gasteiger partial charge in [-0.05, 0) is 61.9 Å². The van der Waals surface area contributed by atoms with Gasteiger partial charge in [0.05, 0.1) is 5.69 Å². The second-order valence-corrected chi connectivity index (χ2v) is 6.32. The Morgan fingerprint density at radius 3 is 2.19 bits per heavy atom. The van der Waals surface area contributed by atoms with Crippen LogP contribution in [-0.2, 0) is 9.59 Å². The van der Waals surface area contributed by atoms with Crippen molar-refractivity contribution in [3.63, 3.8) is 0 Å². The van der Waals surface area contributed by atoms with E-state index in [2.05, 4.69) is 24.2 Å². The van der Waals surface area contributed by atoms with Crippen LogP contribution in [0.25, 0.3) is 6.08 Å². The number of carbonyl (C=O) groups is 2. The van der Waals surface area contributed by atoms with E-state index in [-0.39, 0.29) is 11.5 Å². The minimum absolute atomic E-state index is 0.107. The topological polar surface area (TPSA) is 52.7 Å². The number of hydrazine groups is 1. The Kier molecular flexibility index (Phi) is 5.28. The van der Waals surface area contributed by atoms with E-state index >= 15 is 0 Å². The molecule has 6 heteroatoms. The van der Waals surface area contributed by atoms with E-state index in [1.807, 2.05) is 24.3 Å². The molecular formula is C20H20ClN3O2. The molecule has 26 heavy (non-hydrogen) atoms. The fraction of sp³-hybridized carbons (Fsp3) is 0.200. The predicted octanol–water partition coefficient (Wildman–Crippen LogP) is 3.65. The van der Waals surface area contributed by atoms with Gasteiger partial charge in [-0.1, -0.05) is 23.7 Å². The van der Waals surface area contributed by atoms with Gasteiger partial charge in [0.1, 0.15) is 5.57 Å². The average Bonchev–Trinajstić information content (AvgIpc) is 2.93. The minimum Gasteiger partial charge on any atom is -0.372 e. The number of nitrogens with zero attached hydrogens (tertiary/aromatic N) is 2. The van der Waals surface area contributed by atoms with Crippen molar-refractivity contribution in [2.45, 2.75) is 13.8 Å². The highest BCUT2D eigenvalue weighted by atomic mass is 35.5. The summed E-state index contributed by atoms with van der Waals surface area (Å²) in [7, 11) is 0. The largest absolute Gasteiger partial charge is 0.372 e. The SMILES string of the molecule is CCN(CC)c1ccc(/C=C2/C(=O)NN(c3ccc(Cl)cc3)C2=O)cc1. The molecule has 1 aliphatic heterocycles. The molecule has 0 spiro atoms. The quantitative estimate of drug-likeness (QED) is 0.646. The van der Waals surface area contributed by atoms with E-state index in [1.165, 1.54) is 5.01 Å². The third kappa shape index (κ3) is 3.58. The maximum atomic E-state index is 12.6. The number of nitrogens with one attached hydrogen (secondary N) is 1. The number of carbonyl (C=O) groups excluding carboxylic acids is 2. The molecule has 1 aliphatic rings. The van der Waals surface area contributed by atoms with Gasteiger partial charge in [0.2, 0.25) is 0 Å². The summed E-state index contributed by atoms with van der Waals surface area (Å²) >= 11 is 5.87. The van der Waals surface area contributed by atoms with Crippen LogP contribution in [-0.4, -0.2) is 24.9 Å². The molecule has 1 heterocycles. The molecule has 1 fully saturated rings. The molecule has 1 saturated heterocycles. The van der Waals surface area contributed by atoms with Gasteiger partial charge >= 0.3 is 0 Å². The maximum absolute atomic E-state index is 12.6. The Balaban J connectivity index is 1.83. The summed E-state index contributed by atoms with van der Waals surface area (Å²) in [4.78, 5) is 27.1. The van der Waals surface area contributed by atoms with Crippen LogP contribution in [0, 0.1) is 0 Å². The molecule has 0 aromatic heterocycles. The van der Waals surface area contributed by atoms with Gasteiger partial charge in [0.15, 0.2) is 0 Å². The maximum Gasteiger partial charge on any atom is 0.282 e. The monoisotopic (exact) mass is 369 g/mol. The zero-order valence-electron chi connectivity index (χ0n) is 14.7. The molecular weight excluding hydrogens is 350 g/mol. The second kappa shape index (κ2) is 7.62. The summed E-state index contributed by atoms with van der Waals surface area (Å²) in [6.45, 7) is 6.06. The van der Waals surface area contributed by atoms with Crippen molar-refractivity contribution in [1.29, 1.82) is 0 Å². The van der Waals surface area contributed by atoms with Gasteiger partial charge in [0, 0.05) is 23.8 Å². The third-order valence-electron chi connectivity index (χ3n) is 4.31. The highest BCUT2D eigenvalue weighted by Crippen LogP contribution is 2.24. The van der Waals surface area contributed by atoms with Gasteiger partial charge in [-0.25, -0.2) is 5.01 Å².